The van der Waals surface area contributed by atoms with Gasteiger partial charge in [-0.3, -0.25) is 9.78 Å². The van der Waals surface area contributed by atoms with Crippen molar-refractivity contribution in [3.63, 3.8) is 0 Å². The Morgan fingerprint density at radius 3 is 2.58 bits per heavy atom. The molecular weight excluding hydrogens is 396 g/mol. The molecule has 3 heterocycles. The summed E-state index contributed by atoms with van der Waals surface area (Å²) in [4.78, 5) is 34.9. The third kappa shape index (κ3) is 4.88. The van der Waals surface area contributed by atoms with Crippen LogP contribution in [0.4, 0.5) is 10.5 Å². The van der Waals surface area contributed by atoms with Crippen molar-refractivity contribution in [3.05, 3.63) is 60.1 Å². The van der Waals surface area contributed by atoms with E-state index in [0.29, 0.717) is 48.3 Å². The van der Waals surface area contributed by atoms with Crippen molar-refractivity contribution in [2.45, 2.75) is 25.7 Å². The molecule has 0 saturated carbocycles. The molecule has 0 unspecified atom stereocenters. The van der Waals surface area contributed by atoms with E-state index in [-0.39, 0.29) is 17.9 Å². The van der Waals surface area contributed by atoms with Gasteiger partial charge >= 0.3 is 6.03 Å². The van der Waals surface area contributed by atoms with Gasteiger partial charge in [0.25, 0.3) is 5.91 Å². The first-order valence-corrected chi connectivity index (χ1v) is 10.3. The minimum Gasteiger partial charge on any atom is -0.352 e. The van der Waals surface area contributed by atoms with Crippen LogP contribution in [-0.2, 0) is 0 Å². The second-order valence-electron chi connectivity index (χ2n) is 7.30. The molecule has 0 radical (unpaired) electrons. The summed E-state index contributed by atoms with van der Waals surface area (Å²) in [5.74, 6) is 1.05. The summed E-state index contributed by atoms with van der Waals surface area (Å²) in [5, 5.41) is 9.67. The largest absolute Gasteiger partial charge is 0.352 e. The highest BCUT2D eigenvalue weighted by Crippen LogP contribution is 2.28. The predicted molar refractivity (Wildman–Crippen MR) is 115 cm³/mol. The number of hydrogen-bond donors (Lipinski definition) is 2. The van der Waals surface area contributed by atoms with Crippen molar-refractivity contribution in [1.29, 1.82) is 0 Å². The standard InChI is InChI=1S/C22H24N6O3/c1-2-23-20(29)15-6-8-17(9-7-15)25-22(30)28-13-10-16(11-14-28)21-26-19(27-31-21)18-5-3-4-12-24-18/h3-9,12,16H,2,10-11,13-14H2,1H3,(H,23,29)(H,25,30). The molecule has 1 aliphatic heterocycles. The van der Waals surface area contributed by atoms with Gasteiger partial charge in [0.2, 0.25) is 11.7 Å². The Labute approximate surface area is 179 Å². The molecule has 9 heteroatoms. The van der Waals surface area contributed by atoms with E-state index in [1.54, 1.807) is 35.4 Å². The lowest BCUT2D eigenvalue weighted by molar-refractivity contribution is 0.0956. The van der Waals surface area contributed by atoms with Crippen molar-refractivity contribution in [3.8, 4) is 11.5 Å². The van der Waals surface area contributed by atoms with Gasteiger partial charge in [-0.25, -0.2) is 4.79 Å². The Morgan fingerprint density at radius 1 is 1.13 bits per heavy atom. The van der Waals surface area contributed by atoms with Crippen LogP contribution in [0.2, 0.25) is 0 Å². The molecule has 2 N–H and O–H groups in total. The van der Waals surface area contributed by atoms with E-state index in [2.05, 4.69) is 25.8 Å². The number of nitrogens with one attached hydrogen (secondary N) is 2. The van der Waals surface area contributed by atoms with E-state index in [9.17, 15) is 9.59 Å². The normalized spacial score (nSPS) is 14.3. The summed E-state index contributed by atoms with van der Waals surface area (Å²) in [5.41, 5.74) is 1.88. The summed E-state index contributed by atoms with van der Waals surface area (Å²) < 4.78 is 5.44. The van der Waals surface area contributed by atoms with Crippen LogP contribution in [0.3, 0.4) is 0 Å². The predicted octanol–water partition coefficient (Wildman–Crippen LogP) is 3.29. The fourth-order valence-corrected chi connectivity index (χ4v) is 3.50. The Balaban J connectivity index is 1.30. The first kappa shape index (κ1) is 20.5. The van der Waals surface area contributed by atoms with Crippen LogP contribution in [0.5, 0.6) is 0 Å². The Hall–Kier alpha value is -3.75. The smallest absolute Gasteiger partial charge is 0.321 e. The van der Waals surface area contributed by atoms with E-state index in [0.717, 1.165) is 12.8 Å². The van der Waals surface area contributed by atoms with Crippen LogP contribution in [0, 0.1) is 0 Å². The lowest BCUT2D eigenvalue weighted by atomic mass is 9.97. The highest BCUT2D eigenvalue weighted by atomic mass is 16.5. The van der Waals surface area contributed by atoms with Gasteiger partial charge in [0.05, 0.1) is 0 Å². The van der Waals surface area contributed by atoms with Crippen molar-refractivity contribution in [1.82, 2.24) is 25.3 Å². The molecule has 1 aliphatic rings. The zero-order valence-corrected chi connectivity index (χ0v) is 17.2. The number of likely N-dealkylation sites (tertiary alicyclic amines) is 1. The van der Waals surface area contributed by atoms with Crippen LogP contribution >= 0.6 is 0 Å². The fourth-order valence-electron chi connectivity index (χ4n) is 3.50. The Bertz CT molecular complexity index is 1030. The molecule has 1 aromatic carbocycles. The zero-order valence-electron chi connectivity index (χ0n) is 17.2. The van der Waals surface area contributed by atoms with Gasteiger partial charge in [0, 0.05) is 43.0 Å². The number of aromatic nitrogens is 3. The van der Waals surface area contributed by atoms with Gasteiger partial charge < -0.3 is 20.1 Å². The number of urea groups is 1. The molecule has 0 atom stereocenters. The minimum atomic E-state index is -0.163. The molecule has 0 bridgehead atoms. The summed E-state index contributed by atoms with van der Waals surface area (Å²) in [6.45, 7) is 3.62. The van der Waals surface area contributed by atoms with Crippen molar-refractivity contribution < 1.29 is 14.1 Å². The van der Waals surface area contributed by atoms with Crippen molar-refractivity contribution >= 4 is 17.6 Å². The average molecular weight is 420 g/mol. The SMILES string of the molecule is CCNC(=O)c1ccc(NC(=O)N2CCC(c3nc(-c4ccccn4)no3)CC2)cc1. The number of nitrogens with zero attached hydrogens (tertiary/aromatic N) is 4. The van der Waals surface area contributed by atoms with Crippen molar-refractivity contribution in [2.75, 3.05) is 25.0 Å². The number of benzene rings is 1. The zero-order chi connectivity index (χ0) is 21.6. The summed E-state index contributed by atoms with van der Waals surface area (Å²) in [7, 11) is 0. The van der Waals surface area contributed by atoms with E-state index >= 15 is 0 Å². The van der Waals surface area contributed by atoms with Crippen molar-refractivity contribution in [2.24, 2.45) is 0 Å². The molecule has 2 aromatic heterocycles. The van der Waals surface area contributed by atoms with E-state index in [1.807, 2.05) is 25.1 Å². The maximum Gasteiger partial charge on any atom is 0.321 e. The summed E-state index contributed by atoms with van der Waals surface area (Å²) in [6, 6.07) is 12.2. The molecular formula is C22H24N6O3. The number of anilines is 1. The maximum absolute atomic E-state index is 12.6. The monoisotopic (exact) mass is 420 g/mol. The summed E-state index contributed by atoms with van der Waals surface area (Å²) >= 11 is 0. The molecule has 4 rings (SSSR count). The third-order valence-electron chi connectivity index (χ3n) is 5.20. The van der Waals surface area contributed by atoms with Gasteiger partial charge in [-0.2, -0.15) is 4.98 Å². The highest BCUT2D eigenvalue weighted by molar-refractivity contribution is 5.95. The number of rotatable bonds is 5. The van der Waals surface area contributed by atoms with Crippen LogP contribution in [0.15, 0.2) is 53.2 Å². The van der Waals surface area contributed by atoms with Crippen LogP contribution in [0.25, 0.3) is 11.5 Å². The molecule has 160 valence electrons. The highest BCUT2D eigenvalue weighted by Gasteiger charge is 2.28. The molecule has 31 heavy (non-hydrogen) atoms. The minimum absolute atomic E-state index is 0.116. The lowest BCUT2D eigenvalue weighted by Crippen LogP contribution is -2.40. The Morgan fingerprint density at radius 2 is 1.90 bits per heavy atom. The lowest BCUT2D eigenvalue weighted by Gasteiger charge is -2.30. The topological polar surface area (TPSA) is 113 Å². The van der Waals surface area contributed by atoms with Gasteiger partial charge in [-0.05, 0) is 56.2 Å². The van der Waals surface area contributed by atoms with Gasteiger partial charge in [-0.1, -0.05) is 11.2 Å². The molecule has 1 saturated heterocycles. The van der Waals surface area contributed by atoms with Crippen LogP contribution in [0.1, 0.15) is 41.9 Å². The first-order valence-electron chi connectivity index (χ1n) is 10.3. The quantitative estimate of drug-likeness (QED) is 0.655. The average Bonchev–Trinajstić information content (AvgIpc) is 3.31. The number of carbonyl (C=O) groups is 2. The number of pyridine rings is 1. The number of amides is 3. The second kappa shape index (κ2) is 9.38. The Kier molecular flexibility index (Phi) is 6.21. The molecule has 9 nitrogen and oxygen atoms in total. The van der Waals surface area contributed by atoms with E-state index < -0.39 is 0 Å². The maximum atomic E-state index is 12.6. The molecule has 1 fully saturated rings. The van der Waals surface area contributed by atoms with Gasteiger partial charge in [0.1, 0.15) is 5.69 Å². The summed E-state index contributed by atoms with van der Waals surface area (Å²) in [6.07, 6.45) is 3.18. The molecule has 0 aliphatic carbocycles. The van der Waals surface area contributed by atoms with Crippen LogP contribution < -0.4 is 10.6 Å². The van der Waals surface area contributed by atoms with Crippen LogP contribution in [-0.4, -0.2) is 51.6 Å². The van der Waals surface area contributed by atoms with E-state index in [4.69, 9.17) is 4.52 Å². The fraction of sp³-hybridized carbons (Fsp3) is 0.318. The number of piperidine rings is 1. The second-order valence-corrected chi connectivity index (χ2v) is 7.30. The first-order chi connectivity index (χ1) is 15.1. The molecule has 0 spiro atoms. The third-order valence-corrected chi connectivity index (χ3v) is 5.20. The number of carbonyl (C=O) groups excluding carboxylic acids is 2. The molecule has 3 aromatic rings. The number of hydrogen-bond acceptors (Lipinski definition) is 6. The van der Waals surface area contributed by atoms with Gasteiger partial charge in [-0.15, -0.1) is 0 Å². The molecule has 3 amide bonds. The van der Waals surface area contributed by atoms with Gasteiger partial charge in [0.15, 0.2) is 0 Å². The van der Waals surface area contributed by atoms with E-state index in [1.165, 1.54) is 0 Å².